The highest BCUT2D eigenvalue weighted by Crippen LogP contribution is 2.21. The van der Waals surface area contributed by atoms with Crippen molar-refractivity contribution in [2.24, 2.45) is 5.16 Å². The van der Waals surface area contributed by atoms with Crippen molar-refractivity contribution < 1.29 is 19.4 Å². The van der Waals surface area contributed by atoms with E-state index in [2.05, 4.69) is 16.6 Å². The number of aliphatic hydroxyl groups is 1. The van der Waals surface area contributed by atoms with Gasteiger partial charge in [-0.2, -0.15) is 0 Å². The molecule has 0 radical (unpaired) electrons. The molecule has 166 valence electrons. The molecule has 31 heavy (non-hydrogen) atoms. The third-order valence-corrected chi connectivity index (χ3v) is 5.18. The molecule has 0 aliphatic carbocycles. The van der Waals surface area contributed by atoms with Gasteiger partial charge in [0.25, 0.3) is 0 Å². The van der Waals surface area contributed by atoms with Crippen molar-refractivity contribution in [3.05, 3.63) is 77.3 Å². The Morgan fingerprint density at radius 1 is 1.32 bits per heavy atom. The molecule has 2 aromatic carbocycles. The number of nitrogens with zero attached hydrogens (tertiary/aromatic N) is 2. The molecular formula is C24H29ClN2O4. The molecule has 2 aromatic rings. The van der Waals surface area contributed by atoms with Gasteiger partial charge in [0.15, 0.2) is 0 Å². The lowest BCUT2D eigenvalue weighted by Gasteiger charge is -2.27. The first-order chi connectivity index (χ1) is 15.1. The lowest BCUT2D eigenvalue weighted by molar-refractivity contribution is 0.00335. The summed E-state index contributed by atoms with van der Waals surface area (Å²) < 4.78 is 10.7. The molecular weight excluding hydrogens is 416 g/mol. The standard InChI is InChI=1S/C24H29ClN2O4/c1-3-11-30-17-21(28)15-27(14-18-5-4-6-22(12-18)29-2)16-23-13-24(26-31-23)19-7-9-20(25)10-8-19/h3-10,12,21,23,28H,1,11,13-17H2,2H3/t21-,23+/m0/s1. The Kier molecular flexibility index (Phi) is 8.91. The van der Waals surface area contributed by atoms with Gasteiger partial charge in [0.2, 0.25) is 0 Å². The molecule has 0 bridgehead atoms. The normalized spacial score (nSPS) is 16.6. The van der Waals surface area contributed by atoms with Crippen LogP contribution in [0.2, 0.25) is 5.02 Å². The van der Waals surface area contributed by atoms with Gasteiger partial charge in [-0.15, -0.1) is 6.58 Å². The molecule has 0 saturated heterocycles. The highest BCUT2D eigenvalue weighted by Gasteiger charge is 2.26. The van der Waals surface area contributed by atoms with Crippen LogP contribution in [0.15, 0.2) is 66.3 Å². The average Bonchev–Trinajstić information content (AvgIpc) is 3.23. The number of benzene rings is 2. The first kappa shape index (κ1) is 23.3. The number of oxime groups is 1. The van der Waals surface area contributed by atoms with Crippen LogP contribution in [0, 0.1) is 0 Å². The fraction of sp³-hybridized carbons (Fsp3) is 0.375. The minimum absolute atomic E-state index is 0.0995. The quantitative estimate of drug-likeness (QED) is 0.397. The topological polar surface area (TPSA) is 63.5 Å². The monoisotopic (exact) mass is 444 g/mol. The van der Waals surface area contributed by atoms with Crippen LogP contribution in [0.4, 0.5) is 0 Å². The van der Waals surface area contributed by atoms with Gasteiger partial charge in [0, 0.05) is 31.1 Å². The molecule has 0 unspecified atom stereocenters. The maximum absolute atomic E-state index is 10.4. The van der Waals surface area contributed by atoms with Crippen LogP contribution in [0.25, 0.3) is 0 Å². The van der Waals surface area contributed by atoms with E-state index < -0.39 is 6.10 Å². The van der Waals surface area contributed by atoms with E-state index in [1.165, 1.54) is 0 Å². The van der Waals surface area contributed by atoms with Crippen molar-refractivity contribution in [3.8, 4) is 5.75 Å². The van der Waals surface area contributed by atoms with Crippen LogP contribution < -0.4 is 4.74 Å². The van der Waals surface area contributed by atoms with E-state index >= 15 is 0 Å². The van der Waals surface area contributed by atoms with Gasteiger partial charge in [-0.3, -0.25) is 4.90 Å². The van der Waals surface area contributed by atoms with Crippen LogP contribution >= 0.6 is 11.6 Å². The zero-order valence-corrected chi connectivity index (χ0v) is 18.5. The summed E-state index contributed by atoms with van der Waals surface area (Å²) in [6.45, 7) is 6.01. The predicted octanol–water partition coefficient (Wildman–Crippen LogP) is 3.91. The van der Waals surface area contributed by atoms with Crippen molar-refractivity contribution in [2.75, 3.05) is 33.4 Å². The second-order valence-electron chi connectivity index (χ2n) is 7.50. The molecule has 2 atom stereocenters. The summed E-state index contributed by atoms with van der Waals surface area (Å²) in [6, 6.07) is 15.5. The van der Waals surface area contributed by atoms with E-state index in [0.29, 0.717) is 37.7 Å². The average molecular weight is 445 g/mol. The van der Waals surface area contributed by atoms with Gasteiger partial charge < -0.3 is 19.4 Å². The molecule has 0 aromatic heterocycles. The van der Waals surface area contributed by atoms with Crippen molar-refractivity contribution in [3.63, 3.8) is 0 Å². The van der Waals surface area contributed by atoms with Gasteiger partial charge >= 0.3 is 0 Å². The Balaban J connectivity index is 1.63. The van der Waals surface area contributed by atoms with Crippen LogP contribution in [0.1, 0.15) is 17.5 Å². The molecule has 0 fully saturated rings. The molecule has 3 rings (SSSR count). The van der Waals surface area contributed by atoms with Gasteiger partial charge in [0.05, 0.1) is 32.1 Å². The van der Waals surface area contributed by atoms with E-state index in [1.54, 1.807) is 13.2 Å². The summed E-state index contributed by atoms with van der Waals surface area (Å²) in [7, 11) is 1.65. The van der Waals surface area contributed by atoms with Gasteiger partial charge in [-0.05, 0) is 35.4 Å². The van der Waals surface area contributed by atoms with E-state index in [-0.39, 0.29) is 12.7 Å². The maximum atomic E-state index is 10.4. The van der Waals surface area contributed by atoms with Gasteiger partial charge in [0.1, 0.15) is 11.9 Å². The van der Waals surface area contributed by atoms with Crippen LogP contribution in [-0.2, 0) is 16.1 Å². The van der Waals surface area contributed by atoms with E-state index in [9.17, 15) is 5.11 Å². The molecule has 1 aliphatic heterocycles. The summed E-state index contributed by atoms with van der Waals surface area (Å²) in [5.74, 6) is 0.804. The summed E-state index contributed by atoms with van der Waals surface area (Å²) >= 11 is 5.98. The minimum Gasteiger partial charge on any atom is -0.497 e. The summed E-state index contributed by atoms with van der Waals surface area (Å²) in [6.07, 6.45) is 1.64. The maximum Gasteiger partial charge on any atom is 0.145 e. The Morgan fingerprint density at radius 3 is 2.87 bits per heavy atom. The van der Waals surface area contributed by atoms with Gasteiger partial charge in [-0.25, -0.2) is 0 Å². The molecule has 6 nitrogen and oxygen atoms in total. The van der Waals surface area contributed by atoms with Crippen LogP contribution in [-0.4, -0.2) is 61.3 Å². The van der Waals surface area contributed by atoms with Crippen molar-refractivity contribution in [2.45, 2.75) is 25.2 Å². The molecule has 7 heteroatoms. The number of aliphatic hydroxyl groups excluding tert-OH is 1. The fourth-order valence-corrected chi connectivity index (χ4v) is 3.62. The summed E-state index contributed by atoms with van der Waals surface area (Å²) in [5.41, 5.74) is 3.00. The highest BCUT2D eigenvalue weighted by atomic mass is 35.5. The summed E-state index contributed by atoms with van der Waals surface area (Å²) in [4.78, 5) is 7.86. The second kappa shape index (κ2) is 11.9. The third-order valence-electron chi connectivity index (χ3n) is 4.93. The van der Waals surface area contributed by atoms with Crippen LogP contribution in [0.5, 0.6) is 5.75 Å². The molecule has 1 N–H and O–H groups in total. The smallest absolute Gasteiger partial charge is 0.145 e. The first-order valence-electron chi connectivity index (χ1n) is 10.3. The fourth-order valence-electron chi connectivity index (χ4n) is 3.50. The zero-order valence-electron chi connectivity index (χ0n) is 17.7. The Morgan fingerprint density at radius 2 is 2.13 bits per heavy atom. The van der Waals surface area contributed by atoms with E-state index in [1.807, 2.05) is 48.5 Å². The number of hydrogen-bond donors (Lipinski definition) is 1. The molecule has 0 amide bonds. The zero-order chi connectivity index (χ0) is 22.1. The lowest BCUT2D eigenvalue weighted by atomic mass is 10.0. The minimum atomic E-state index is -0.622. The van der Waals surface area contributed by atoms with Crippen molar-refractivity contribution >= 4 is 17.3 Å². The highest BCUT2D eigenvalue weighted by molar-refractivity contribution is 6.30. The van der Waals surface area contributed by atoms with E-state index in [4.69, 9.17) is 25.9 Å². The number of hydrogen-bond acceptors (Lipinski definition) is 6. The second-order valence-corrected chi connectivity index (χ2v) is 7.94. The lowest BCUT2D eigenvalue weighted by Crippen LogP contribution is -2.39. The third kappa shape index (κ3) is 7.36. The predicted molar refractivity (Wildman–Crippen MR) is 123 cm³/mol. The molecule has 0 spiro atoms. The Labute approximate surface area is 188 Å². The van der Waals surface area contributed by atoms with Gasteiger partial charge in [-0.1, -0.05) is 47.1 Å². The number of ether oxygens (including phenoxy) is 2. The molecule has 0 saturated carbocycles. The SMILES string of the molecule is C=CCOC[C@@H](O)CN(Cc1cccc(OC)c1)C[C@H]1CC(c2ccc(Cl)cc2)=NO1. The Bertz CT molecular complexity index is 872. The molecule has 1 aliphatic rings. The largest absolute Gasteiger partial charge is 0.497 e. The molecule has 1 heterocycles. The number of rotatable bonds is 12. The van der Waals surface area contributed by atoms with Crippen LogP contribution in [0.3, 0.4) is 0 Å². The summed E-state index contributed by atoms with van der Waals surface area (Å²) in [5, 5.41) is 15.4. The number of methoxy groups -OCH3 is 1. The number of halogens is 1. The van der Waals surface area contributed by atoms with Crippen molar-refractivity contribution in [1.82, 2.24) is 4.90 Å². The van der Waals surface area contributed by atoms with Crippen molar-refractivity contribution in [1.29, 1.82) is 0 Å². The first-order valence-corrected chi connectivity index (χ1v) is 10.7. The van der Waals surface area contributed by atoms with E-state index in [0.717, 1.165) is 22.6 Å². The Hall–Kier alpha value is -2.38.